The fraction of sp³-hybridized carbons (Fsp3) is 0.474. The second kappa shape index (κ2) is 8.66. The minimum atomic E-state index is -0.267. The molecule has 8 heteroatoms. The fourth-order valence-corrected chi connectivity index (χ4v) is 3.18. The number of hydrogen-bond donors (Lipinski definition) is 2. The van der Waals surface area contributed by atoms with Crippen LogP contribution in [0.2, 0.25) is 0 Å². The SMILES string of the molecule is CC(=O)Nc1cc(NC(C)=O)cc(C(=O)N2CCC(C(=O)N(C)C)CC2)c1. The second-order valence-corrected chi connectivity index (χ2v) is 6.96. The van der Waals surface area contributed by atoms with E-state index in [1.54, 1.807) is 42.1 Å². The zero-order chi connectivity index (χ0) is 20.1. The van der Waals surface area contributed by atoms with E-state index in [-0.39, 0.29) is 29.5 Å². The predicted molar refractivity (Wildman–Crippen MR) is 102 cm³/mol. The third-order valence-electron chi connectivity index (χ3n) is 4.39. The molecular formula is C19H26N4O4. The average Bonchev–Trinajstić information content (AvgIpc) is 2.59. The topological polar surface area (TPSA) is 98.8 Å². The lowest BCUT2D eigenvalue weighted by molar-refractivity contribution is -0.134. The number of nitrogens with one attached hydrogen (secondary N) is 2. The second-order valence-electron chi connectivity index (χ2n) is 6.96. The van der Waals surface area contributed by atoms with E-state index in [1.807, 2.05) is 0 Å². The van der Waals surface area contributed by atoms with Gasteiger partial charge in [0.2, 0.25) is 17.7 Å². The highest BCUT2D eigenvalue weighted by Gasteiger charge is 2.28. The maximum atomic E-state index is 12.9. The summed E-state index contributed by atoms with van der Waals surface area (Å²) in [6, 6.07) is 4.78. The standard InChI is InChI=1S/C19H26N4O4/c1-12(24)20-16-9-15(10-17(11-16)21-13(2)25)19(27)23-7-5-14(6-8-23)18(26)22(3)4/h9-11,14H,5-8H2,1-4H3,(H,20,24)(H,21,25). The van der Waals surface area contributed by atoms with Crippen molar-refractivity contribution in [3.05, 3.63) is 23.8 Å². The highest BCUT2D eigenvalue weighted by atomic mass is 16.2. The number of anilines is 2. The Bertz CT molecular complexity index is 718. The number of piperidine rings is 1. The molecule has 0 radical (unpaired) electrons. The lowest BCUT2D eigenvalue weighted by Gasteiger charge is -2.32. The number of hydrogen-bond acceptors (Lipinski definition) is 4. The molecule has 4 amide bonds. The Balaban J connectivity index is 2.16. The largest absolute Gasteiger partial charge is 0.349 e. The van der Waals surface area contributed by atoms with Crippen LogP contribution in [0.15, 0.2) is 18.2 Å². The van der Waals surface area contributed by atoms with Crippen molar-refractivity contribution < 1.29 is 19.2 Å². The lowest BCUT2D eigenvalue weighted by Crippen LogP contribution is -2.42. The zero-order valence-corrected chi connectivity index (χ0v) is 16.2. The summed E-state index contributed by atoms with van der Waals surface area (Å²) in [6.45, 7) is 3.73. The van der Waals surface area contributed by atoms with Crippen molar-refractivity contribution in [1.82, 2.24) is 9.80 Å². The van der Waals surface area contributed by atoms with Crippen LogP contribution in [-0.2, 0) is 14.4 Å². The third-order valence-corrected chi connectivity index (χ3v) is 4.39. The molecular weight excluding hydrogens is 348 g/mol. The monoisotopic (exact) mass is 374 g/mol. The van der Waals surface area contributed by atoms with E-state index in [1.165, 1.54) is 13.8 Å². The molecule has 2 N–H and O–H groups in total. The summed E-state index contributed by atoms with van der Waals surface area (Å²) >= 11 is 0. The van der Waals surface area contributed by atoms with Crippen molar-refractivity contribution in [2.24, 2.45) is 5.92 Å². The van der Waals surface area contributed by atoms with Gasteiger partial charge in [-0.25, -0.2) is 0 Å². The molecule has 2 rings (SSSR count). The van der Waals surface area contributed by atoms with Crippen molar-refractivity contribution in [3.63, 3.8) is 0 Å². The van der Waals surface area contributed by atoms with Gasteiger partial charge in [0, 0.05) is 63.9 Å². The van der Waals surface area contributed by atoms with Gasteiger partial charge in [0.25, 0.3) is 5.91 Å². The molecule has 1 aromatic carbocycles. The van der Waals surface area contributed by atoms with Gasteiger partial charge in [-0.2, -0.15) is 0 Å². The van der Waals surface area contributed by atoms with E-state index < -0.39 is 0 Å². The van der Waals surface area contributed by atoms with Gasteiger partial charge in [-0.15, -0.1) is 0 Å². The van der Waals surface area contributed by atoms with E-state index >= 15 is 0 Å². The summed E-state index contributed by atoms with van der Waals surface area (Å²) < 4.78 is 0. The summed E-state index contributed by atoms with van der Waals surface area (Å²) in [5.74, 6) is -0.704. The van der Waals surface area contributed by atoms with Crippen LogP contribution in [0.5, 0.6) is 0 Å². The first-order valence-electron chi connectivity index (χ1n) is 8.88. The van der Waals surface area contributed by atoms with Gasteiger partial charge in [0.1, 0.15) is 0 Å². The van der Waals surface area contributed by atoms with Crippen LogP contribution in [0.25, 0.3) is 0 Å². The molecule has 0 spiro atoms. The van der Waals surface area contributed by atoms with E-state index in [0.29, 0.717) is 42.9 Å². The highest BCUT2D eigenvalue weighted by molar-refractivity contribution is 6.00. The highest BCUT2D eigenvalue weighted by Crippen LogP contribution is 2.24. The zero-order valence-electron chi connectivity index (χ0n) is 16.2. The maximum Gasteiger partial charge on any atom is 0.254 e. The maximum absolute atomic E-state index is 12.9. The molecule has 27 heavy (non-hydrogen) atoms. The summed E-state index contributed by atoms with van der Waals surface area (Å²) in [7, 11) is 3.47. The van der Waals surface area contributed by atoms with Crippen LogP contribution in [-0.4, -0.2) is 60.6 Å². The van der Waals surface area contributed by atoms with Crippen molar-refractivity contribution in [2.45, 2.75) is 26.7 Å². The Hall–Kier alpha value is -2.90. The molecule has 0 unspecified atom stereocenters. The fourth-order valence-electron chi connectivity index (χ4n) is 3.18. The molecule has 1 aliphatic rings. The van der Waals surface area contributed by atoms with Gasteiger partial charge in [-0.05, 0) is 31.0 Å². The van der Waals surface area contributed by atoms with Gasteiger partial charge in [-0.3, -0.25) is 19.2 Å². The van der Waals surface area contributed by atoms with E-state index in [2.05, 4.69) is 10.6 Å². The number of nitrogens with zero attached hydrogens (tertiary/aromatic N) is 2. The van der Waals surface area contributed by atoms with Gasteiger partial charge < -0.3 is 20.4 Å². The van der Waals surface area contributed by atoms with Gasteiger partial charge in [0.05, 0.1) is 0 Å². The predicted octanol–water partition coefficient (Wildman–Crippen LogP) is 1.54. The number of rotatable bonds is 4. The summed E-state index contributed by atoms with van der Waals surface area (Å²) in [5, 5.41) is 5.28. The molecule has 0 aliphatic carbocycles. The summed E-state index contributed by atoms with van der Waals surface area (Å²) in [5.41, 5.74) is 1.26. The molecule has 1 saturated heterocycles. The normalized spacial score (nSPS) is 14.4. The van der Waals surface area contributed by atoms with E-state index in [4.69, 9.17) is 0 Å². The van der Waals surface area contributed by atoms with Crippen LogP contribution in [0.4, 0.5) is 11.4 Å². The van der Waals surface area contributed by atoms with Crippen molar-refractivity contribution in [3.8, 4) is 0 Å². The number of amides is 4. The number of likely N-dealkylation sites (tertiary alicyclic amines) is 1. The molecule has 0 aromatic heterocycles. The molecule has 8 nitrogen and oxygen atoms in total. The molecule has 1 aromatic rings. The smallest absolute Gasteiger partial charge is 0.254 e. The van der Waals surface area contributed by atoms with E-state index in [9.17, 15) is 19.2 Å². The van der Waals surface area contributed by atoms with Gasteiger partial charge >= 0.3 is 0 Å². The van der Waals surface area contributed by atoms with Crippen molar-refractivity contribution in [1.29, 1.82) is 0 Å². The molecule has 0 atom stereocenters. The Kier molecular flexibility index (Phi) is 6.55. The number of carbonyl (C=O) groups excluding carboxylic acids is 4. The number of carbonyl (C=O) groups is 4. The Morgan fingerprint density at radius 1 is 0.926 bits per heavy atom. The molecule has 1 heterocycles. The minimum Gasteiger partial charge on any atom is -0.349 e. The van der Waals surface area contributed by atoms with Crippen LogP contribution in [0.3, 0.4) is 0 Å². The molecule has 1 aliphatic heterocycles. The first-order chi connectivity index (χ1) is 12.7. The van der Waals surface area contributed by atoms with E-state index in [0.717, 1.165) is 0 Å². The lowest BCUT2D eigenvalue weighted by atomic mass is 9.95. The van der Waals surface area contributed by atoms with Crippen LogP contribution < -0.4 is 10.6 Å². The Morgan fingerprint density at radius 3 is 1.81 bits per heavy atom. The molecule has 146 valence electrons. The average molecular weight is 374 g/mol. The molecule has 1 fully saturated rings. The summed E-state index contributed by atoms with van der Waals surface area (Å²) in [4.78, 5) is 51.0. The third kappa shape index (κ3) is 5.54. The van der Waals surface area contributed by atoms with Crippen LogP contribution in [0, 0.1) is 5.92 Å². The van der Waals surface area contributed by atoms with Crippen molar-refractivity contribution in [2.75, 3.05) is 37.8 Å². The Morgan fingerprint density at radius 2 is 1.41 bits per heavy atom. The quantitative estimate of drug-likeness (QED) is 0.835. The molecule has 0 bridgehead atoms. The first kappa shape index (κ1) is 20.4. The minimum absolute atomic E-state index is 0.0651. The van der Waals surface area contributed by atoms with Crippen LogP contribution in [0.1, 0.15) is 37.0 Å². The Labute approximate surface area is 158 Å². The van der Waals surface area contributed by atoms with Gasteiger partial charge in [-0.1, -0.05) is 0 Å². The van der Waals surface area contributed by atoms with Gasteiger partial charge in [0.15, 0.2) is 0 Å². The summed E-state index contributed by atoms with van der Waals surface area (Å²) in [6.07, 6.45) is 1.24. The van der Waals surface area contributed by atoms with Crippen molar-refractivity contribution >= 4 is 35.0 Å². The first-order valence-corrected chi connectivity index (χ1v) is 8.88. The molecule has 0 saturated carbocycles. The van der Waals surface area contributed by atoms with Crippen LogP contribution >= 0.6 is 0 Å². The number of benzene rings is 1.